The van der Waals surface area contributed by atoms with Crippen LogP contribution in [-0.2, 0) is 11.2 Å². The molecule has 2 atom stereocenters. The summed E-state index contributed by atoms with van der Waals surface area (Å²) in [5, 5.41) is 12.7. The van der Waals surface area contributed by atoms with Crippen LogP contribution in [0.1, 0.15) is 35.2 Å². The topological polar surface area (TPSA) is 66.4 Å². The SMILES string of the molecule is CSCCCC[C@@H](CO)NC(=O)[C@H](CSC(=O)c1ccccc1)Cc1ccccc1. The van der Waals surface area contributed by atoms with Gasteiger partial charge in [0.1, 0.15) is 0 Å². The summed E-state index contributed by atoms with van der Waals surface area (Å²) < 4.78 is 0. The van der Waals surface area contributed by atoms with E-state index < -0.39 is 0 Å². The minimum absolute atomic E-state index is 0.0303. The molecule has 0 saturated carbocycles. The largest absolute Gasteiger partial charge is 0.394 e. The first kappa shape index (κ1) is 24.5. The molecule has 0 spiro atoms. The Morgan fingerprint density at radius 2 is 1.67 bits per heavy atom. The van der Waals surface area contributed by atoms with Gasteiger partial charge in [-0.05, 0) is 36.8 Å². The number of unbranched alkanes of at least 4 members (excludes halogenated alkanes) is 1. The average molecular weight is 446 g/mol. The highest BCUT2D eigenvalue weighted by atomic mass is 32.2. The molecule has 2 rings (SSSR count). The zero-order valence-corrected chi connectivity index (χ0v) is 19.1. The van der Waals surface area contributed by atoms with E-state index in [2.05, 4.69) is 11.6 Å². The highest BCUT2D eigenvalue weighted by Crippen LogP contribution is 2.20. The van der Waals surface area contributed by atoms with Gasteiger partial charge < -0.3 is 10.4 Å². The number of thioether (sulfide) groups is 2. The summed E-state index contributed by atoms with van der Waals surface area (Å²) in [6.45, 7) is -0.0703. The van der Waals surface area contributed by atoms with Crippen molar-refractivity contribution in [1.29, 1.82) is 0 Å². The zero-order chi connectivity index (χ0) is 21.6. The van der Waals surface area contributed by atoms with E-state index in [4.69, 9.17) is 0 Å². The fourth-order valence-electron chi connectivity index (χ4n) is 3.13. The predicted molar refractivity (Wildman–Crippen MR) is 128 cm³/mol. The number of nitrogens with one attached hydrogen (secondary N) is 1. The number of hydrogen-bond donors (Lipinski definition) is 2. The van der Waals surface area contributed by atoms with Crippen molar-refractivity contribution in [2.45, 2.75) is 31.7 Å². The van der Waals surface area contributed by atoms with E-state index in [1.165, 1.54) is 11.8 Å². The van der Waals surface area contributed by atoms with E-state index in [1.807, 2.05) is 48.5 Å². The third-order valence-corrected chi connectivity index (χ3v) is 6.60. The quantitative estimate of drug-likeness (QED) is 0.447. The predicted octanol–water partition coefficient (Wildman–Crippen LogP) is 4.43. The molecule has 0 fully saturated rings. The lowest BCUT2D eigenvalue weighted by atomic mass is 9.99. The van der Waals surface area contributed by atoms with E-state index >= 15 is 0 Å². The highest BCUT2D eigenvalue weighted by Gasteiger charge is 2.23. The Kier molecular flexibility index (Phi) is 11.7. The van der Waals surface area contributed by atoms with Crippen molar-refractivity contribution >= 4 is 34.5 Å². The molecule has 0 heterocycles. The van der Waals surface area contributed by atoms with E-state index in [-0.39, 0.29) is 29.6 Å². The summed E-state index contributed by atoms with van der Waals surface area (Å²) in [6.07, 6.45) is 5.44. The molecule has 162 valence electrons. The maximum Gasteiger partial charge on any atom is 0.224 e. The summed E-state index contributed by atoms with van der Waals surface area (Å²) in [7, 11) is 0. The Bertz CT molecular complexity index is 756. The molecule has 6 heteroatoms. The van der Waals surface area contributed by atoms with Gasteiger partial charge in [-0.25, -0.2) is 0 Å². The van der Waals surface area contributed by atoms with Crippen molar-refractivity contribution in [2.24, 2.45) is 5.92 Å². The first-order valence-electron chi connectivity index (χ1n) is 10.3. The van der Waals surface area contributed by atoms with E-state index in [1.54, 1.807) is 23.9 Å². The van der Waals surface area contributed by atoms with Gasteiger partial charge >= 0.3 is 0 Å². The second-order valence-electron chi connectivity index (χ2n) is 7.23. The molecule has 0 aromatic heterocycles. The van der Waals surface area contributed by atoms with Crippen LogP contribution in [0.3, 0.4) is 0 Å². The van der Waals surface area contributed by atoms with Crippen molar-refractivity contribution in [2.75, 3.05) is 24.4 Å². The fraction of sp³-hybridized carbons (Fsp3) is 0.417. The van der Waals surface area contributed by atoms with Crippen molar-refractivity contribution < 1.29 is 14.7 Å². The summed E-state index contributed by atoms with van der Waals surface area (Å²) in [6, 6.07) is 18.7. The Hall–Kier alpha value is -1.76. The molecule has 0 saturated heterocycles. The maximum atomic E-state index is 13.0. The lowest BCUT2D eigenvalue weighted by Crippen LogP contribution is -2.42. The van der Waals surface area contributed by atoms with Crippen LogP contribution in [0.25, 0.3) is 0 Å². The molecule has 1 amide bonds. The molecule has 0 aliphatic heterocycles. The first-order valence-corrected chi connectivity index (χ1v) is 12.7. The third kappa shape index (κ3) is 8.94. The number of hydrogen-bond acceptors (Lipinski definition) is 5. The number of rotatable bonds is 13. The molecule has 30 heavy (non-hydrogen) atoms. The molecule has 0 radical (unpaired) electrons. The number of carbonyl (C=O) groups is 2. The van der Waals surface area contributed by atoms with Crippen molar-refractivity contribution in [1.82, 2.24) is 5.32 Å². The first-order chi connectivity index (χ1) is 14.6. The van der Waals surface area contributed by atoms with Gasteiger partial charge in [0.05, 0.1) is 18.6 Å². The second-order valence-corrected chi connectivity index (χ2v) is 9.21. The van der Waals surface area contributed by atoms with Gasteiger partial charge in [-0.15, -0.1) is 0 Å². The molecule has 4 nitrogen and oxygen atoms in total. The van der Waals surface area contributed by atoms with E-state index in [9.17, 15) is 14.7 Å². The van der Waals surface area contributed by atoms with Crippen molar-refractivity contribution in [3.05, 3.63) is 71.8 Å². The summed E-state index contributed by atoms with van der Waals surface area (Å²) in [4.78, 5) is 25.5. The molecule has 2 N–H and O–H groups in total. The Labute approximate surface area is 188 Å². The van der Waals surface area contributed by atoms with E-state index in [0.717, 1.165) is 30.6 Å². The number of amides is 1. The van der Waals surface area contributed by atoms with Gasteiger partial charge in [0, 0.05) is 11.3 Å². The number of benzene rings is 2. The summed E-state index contributed by atoms with van der Waals surface area (Å²) in [5.41, 5.74) is 1.70. The molecule has 0 aliphatic rings. The van der Waals surface area contributed by atoms with Crippen LogP contribution in [0, 0.1) is 5.92 Å². The minimum Gasteiger partial charge on any atom is -0.394 e. The van der Waals surface area contributed by atoms with Crippen LogP contribution in [0.5, 0.6) is 0 Å². The van der Waals surface area contributed by atoms with Gasteiger partial charge in [-0.2, -0.15) is 11.8 Å². The molecule has 2 aromatic carbocycles. The van der Waals surface area contributed by atoms with Crippen LogP contribution < -0.4 is 5.32 Å². The average Bonchev–Trinajstić information content (AvgIpc) is 2.79. The van der Waals surface area contributed by atoms with Gasteiger partial charge in [0.25, 0.3) is 0 Å². The molecular weight excluding hydrogens is 414 g/mol. The lowest BCUT2D eigenvalue weighted by molar-refractivity contribution is -0.125. The summed E-state index contributed by atoms with van der Waals surface area (Å²) in [5.74, 6) is 1.04. The van der Waals surface area contributed by atoms with Crippen molar-refractivity contribution in [3.63, 3.8) is 0 Å². The van der Waals surface area contributed by atoms with Crippen LogP contribution in [0.15, 0.2) is 60.7 Å². The Balaban J connectivity index is 1.98. The summed E-state index contributed by atoms with van der Waals surface area (Å²) >= 11 is 2.98. The van der Waals surface area contributed by atoms with Crippen molar-refractivity contribution in [3.8, 4) is 0 Å². The normalized spacial score (nSPS) is 12.9. The molecule has 0 bridgehead atoms. The van der Waals surface area contributed by atoms with Crippen LogP contribution in [0.2, 0.25) is 0 Å². The van der Waals surface area contributed by atoms with Gasteiger partial charge in [-0.1, -0.05) is 78.8 Å². The molecule has 0 aliphatic carbocycles. The van der Waals surface area contributed by atoms with Gasteiger partial charge in [-0.3, -0.25) is 9.59 Å². The standard InChI is InChI=1S/C24H31NO3S2/c1-29-15-9-8-14-22(17-26)25-23(27)21(16-19-10-4-2-5-11-19)18-30-24(28)20-12-6-3-7-13-20/h2-7,10-13,21-22,26H,8-9,14-18H2,1H3,(H,25,27)/t21-,22-/m0/s1. The molecular formula is C24H31NO3S2. The van der Waals surface area contributed by atoms with Gasteiger partial charge in [0.15, 0.2) is 0 Å². The highest BCUT2D eigenvalue weighted by molar-refractivity contribution is 8.14. The third-order valence-electron chi connectivity index (χ3n) is 4.84. The number of aliphatic hydroxyl groups excluding tert-OH is 1. The minimum atomic E-state index is -0.342. The maximum absolute atomic E-state index is 13.0. The van der Waals surface area contributed by atoms with E-state index in [0.29, 0.717) is 17.7 Å². The van der Waals surface area contributed by atoms with Gasteiger partial charge in [0.2, 0.25) is 11.0 Å². The molecule has 2 aromatic rings. The molecule has 0 unspecified atom stereocenters. The monoisotopic (exact) mass is 445 g/mol. The smallest absolute Gasteiger partial charge is 0.224 e. The zero-order valence-electron chi connectivity index (χ0n) is 17.5. The number of carbonyl (C=O) groups excluding carboxylic acids is 2. The Morgan fingerprint density at radius 3 is 2.30 bits per heavy atom. The Morgan fingerprint density at radius 1 is 1.00 bits per heavy atom. The second kappa shape index (κ2) is 14.3. The number of aliphatic hydroxyl groups is 1. The van der Waals surface area contributed by atoms with Crippen LogP contribution >= 0.6 is 23.5 Å². The van der Waals surface area contributed by atoms with Crippen LogP contribution in [0.4, 0.5) is 0 Å². The lowest BCUT2D eigenvalue weighted by Gasteiger charge is -2.21. The fourth-order valence-corrected chi connectivity index (χ4v) is 4.54. The van der Waals surface area contributed by atoms with Crippen LogP contribution in [-0.4, -0.2) is 46.5 Å².